The first-order chi connectivity index (χ1) is 5.25. The van der Waals surface area contributed by atoms with Gasteiger partial charge in [0.1, 0.15) is 0 Å². The normalized spacial score (nSPS) is 26.5. The Morgan fingerprint density at radius 2 is 2.45 bits per heavy atom. The van der Waals surface area contributed by atoms with E-state index in [1.165, 1.54) is 5.57 Å². The van der Waals surface area contributed by atoms with E-state index in [2.05, 4.69) is 25.2 Å². The van der Waals surface area contributed by atoms with Crippen molar-refractivity contribution >= 4 is 0 Å². The summed E-state index contributed by atoms with van der Waals surface area (Å²) < 4.78 is 0. The molecule has 0 amide bonds. The van der Waals surface area contributed by atoms with Crippen LogP contribution in [0.3, 0.4) is 0 Å². The van der Waals surface area contributed by atoms with E-state index in [-0.39, 0.29) is 6.04 Å². The maximum Gasteiger partial charge on any atom is 0.0232 e. The largest absolute Gasteiger partial charge is 0.329 e. The summed E-state index contributed by atoms with van der Waals surface area (Å²) in [6, 6.07) is 0.121. The van der Waals surface area contributed by atoms with Crippen molar-refractivity contribution < 1.29 is 0 Å². The zero-order chi connectivity index (χ0) is 8.27. The van der Waals surface area contributed by atoms with E-state index in [0.717, 1.165) is 6.42 Å². The molecule has 0 heterocycles. The zero-order valence-corrected chi connectivity index (χ0v) is 6.96. The topological polar surface area (TPSA) is 52.0 Å². The second-order valence-corrected chi connectivity index (χ2v) is 3.08. The second kappa shape index (κ2) is 3.69. The summed E-state index contributed by atoms with van der Waals surface area (Å²) in [5.74, 6) is 0.463. The van der Waals surface area contributed by atoms with E-state index in [4.69, 9.17) is 11.5 Å². The molecule has 0 bridgehead atoms. The molecular weight excluding hydrogens is 136 g/mol. The van der Waals surface area contributed by atoms with Crippen LogP contribution in [0.25, 0.3) is 0 Å². The summed E-state index contributed by atoms with van der Waals surface area (Å²) in [7, 11) is 0. The highest BCUT2D eigenvalue weighted by Gasteiger charge is 2.17. The fourth-order valence-corrected chi connectivity index (χ4v) is 1.43. The average molecular weight is 152 g/mol. The van der Waals surface area contributed by atoms with Gasteiger partial charge in [0.05, 0.1) is 0 Å². The lowest BCUT2D eigenvalue weighted by molar-refractivity contribution is 0.486. The first-order valence-corrected chi connectivity index (χ1v) is 4.04. The Hall–Kier alpha value is -0.600. The Labute approximate surface area is 68.0 Å². The molecule has 2 nitrogen and oxygen atoms in total. The van der Waals surface area contributed by atoms with Crippen molar-refractivity contribution in [2.24, 2.45) is 17.4 Å². The fraction of sp³-hybridized carbons (Fsp3) is 0.556. The number of hydrogen-bond donors (Lipinski definition) is 2. The first-order valence-electron chi connectivity index (χ1n) is 4.04. The summed E-state index contributed by atoms with van der Waals surface area (Å²) in [6.07, 6.45) is 7.38. The first kappa shape index (κ1) is 8.50. The van der Waals surface area contributed by atoms with Crippen molar-refractivity contribution in [3.63, 3.8) is 0 Å². The quantitative estimate of drug-likeness (QED) is 0.614. The Morgan fingerprint density at radius 1 is 1.73 bits per heavy atom. The van der Waals surface area contributed by atoms with Crippen molar-refractivity contribution in [1.29, 1.82) is 0 Å². The van der Waals surface area contributed by atoms with Gasteiger partial charge in [0.15, 0.2) is 0 Å². The van der Waals surface area contributed by atoms with Crippen molar-refractivity contribution in [2.75, 3.05) is 6.54 Å². The maximum atomic E-state index is 5.84. The standard InChI is InChI=1S/C9H16N2/c1-7-4-2-3-5-8(7)9(11)6-10/h2-4,8-9H,5-6,10-11H2,1H3/t8?,9-/m0/s1. The molecule has 1 aliphatic carbocycles. The van der Waals surface area contributed by atoms with Crippen LogP contribution in [0, 0.1) is 5.92 Å². The summed E-state index contributed by atoms with van der Waals surface area (Å²) in [4.78, 5) is 0. The van der Waals surface area contributed by atoms with Crippen LogP contribution in [0.15, 0.2) is 23.8 Å². The number of hydrogen-bond acceptors (Lipinski definition) is 2. The van der Waals surface area contributed by atoms with Crippen LogP contribution in [-0.4, -0.2) is 12.6 Å². The third kappa shape index (κ3) is 1.91. The molecule has 0 aromatic heterocycles. The zero-order valence-electron chi connectivity index (χ0n) is 6.96. The van der Waals surface area contributed by atoms with Gasteiger partial charge in [-0.3, -0.25) is 0 Å². The Kier molecular flexibility index (Phi) is 2.85. The lowest BCUT2D eigenvalue weighted by Gasteiger charge is -2.24. The number of allylic oxidation sites excluding steroid dienone is 3. The van der Waals surface area contributed by atoms with Crippen LogP contribution in [0.4, 0.5) is 0 Å². The van der Waals surface area contributed by atoms with E-state index in [0.29, 0.717) is 12.5 Å². The van der Waals surface area contributed by atoms with E-state index in [9.17, 15) is 0 Å². The van der Waals surface area contributed by atoms with Crippen molar-refractivity contribution in [2.45, 2.75) is 19.4 Å². The number of rotatable bonds is 2. The third-order valence-corrected chi connectivity index (χ3v) is 2.26. The van der Waals surface area contributed by atoms with E-state index in [1.807, 2.05) is 0 Å². The van der Waals surface area contributed by atoms with Crippen LogP contribution in [0.5, 0.6) is 0 Å². The second-order valence-electron chi connectivity index (χ2n) is 3.08. The molecule has 4 N–H and O–H groups in total. The van der Waals surface area contributed by atoms with Gasteiger partial charge in [0.2, 0.25) is 0 Å². The molecule has 0 aromatic rings. The highest BCUT2D eigenvalue weighted by atomic mass is 14.7. The van der Waals surface area contributed by atoms with Crippen LogP contribution in [-0.2, 0) is 0 Å². The lowest BCUT2D eigenvalue weighted by atomic mass is 9.87. The van der Waals surface area contributed by atoms with Gasteiger partial charge in [-0.1, -0.05) is 23.8 Å². The Morgan fingerprint density at radius 3 is 3.00 bits per heavy atom. The molecule has 0 radical (unpaired) electrons. The predicted octanol–water partition coefficient (Wildman–Crippen LogP) is 0.795. The molecule has 0 fully saturated rings. The number of nitrogens with two attached hydrogens (primary N) is 2. The van der Waals surface area contributed by atoms with Crippen LogP contribution >= 0.6 is 0 Å². The average Bonchev–Trinajstić information content (AvgIpc) is 2.04. The minimum Gasteiger partial charge on any atom is -0.329 e. The third-order valence-electron chi connectivity index (χ3n) is 2.26. The van der Waals surface area contributed by atoms with E-state index in [1.54, 1.807) is 0 Å². The molecule has 62 valence electrons. The molecule has 2 heteroatoms. The van der Waals surface area contributed by atoms with Crippen LogP contribution in [0.2, 0.25) is 0 Å². The molecule has 1 aliphatic rings. The van der Waals surface area contributed by atoms with Crippen LogP contribution in [0.1, 0.15) is 13.3 Å². The van der Waals surface area contributed by atoms with Crippen molar-refractivity contribution in [3.05, 3.63) is 23.8 Å². The van der Waals surface area contributed by atoms with Gasteiger partial charge in [0.25, 0.3) is 0 Å². The van der Waals surface area contributed by atoms with Crippen molar-refractivity contribution in [1.82, 2.24) is 0 Å². The van der Waals surface area contributed by atoms with Gasteiger partial charge in [0, 0.05) is 12.6 Å². The molecule has 0 spiro atoms. The van der Waals surface area contributed by atoms with Gasteiger partial charge in [-0.2, -0.15) is 0 Å². The fourth-order valence-electron chi connectivity index (χ4n) is 1.43. The Bertz CT molecular complexity index is 182. The monoisotopic (exact) mass is 152 g/mol. The van der Waals surface area contributed by atoms with Crippen molar-refractivity contribution in [3.8, 4) is 0 Å². The predicted molar refractivity (Wildman–Crippen MR) is 48.0 cm³/mol. The molecule has 2 atom stereocenters. The molecular formula is C9H16N2. The summed E-state index contributed by atoms with van der Waals surface area (Å²) in [5, 5.41) is 0. The summed E-state index contributed by atoms with van der Waals surface area (Å²) in [5.41, 5.74) is 12.7. The highest BCUT2D eigenvalue weighted by molar-refractivity contribution is 5.20. The molecule has 0 aliphatic heterocycles. The van der Waals surface area contributed by atoms with Gasteiger partial charge < -0.3 is 11.5 Å². The summed E-state index contributed by atoms with van der Waals surface area (Å²) >= 11 is 0. The van der Waals surface area contributed by atoms with Crippen LogP contribution < -0.4 is 11.5 Å². The van der Waals surface area contributed by atoms with Gasteiger partial charge >= 0.3 is 0 Å². The Balaban J connectivity index is 2.60. The summed E-state index contributed by atoms with van der Waals surface area (Å²) in [6.45, 7) is 2.69. The van der Waals surface area contributed by atoms with Gasteiger partial charge in [-0.25, -0.2) is 0 Å². The lowest BCUT2D eigenvalue weighted by Crippen LogP contribution is -2.38. The van der Waals surface area contributed by atoms with E-state index < -0.39 is 0 Å². The molecule has 0 saturated carbocycles. The molecule has 1 unspecified atom stereocenters. The van der Waals surface area contributed by atoms with Gasteiger partial charge in [-0.15, -0.1) is 0 Å². The maximum absolute atomic E-state index is 5.84. The molecule has 11 heavy (non-hydrogen) atoms. The highest BCUT2D eigenvalue weighted by Crippen LogP contribution is 2.21. The minimum atomic E-state index is 0.121. The van der Waals surface area contributed by atoms with Gasteiger partial charge in [-0.05, 0) is 19.3 Å². The smallest absolute Gasteiger partial charge is 0.0232 e. The minimum absolute atomic E-state index is 0.121. The molecule has 0 saturated heterocycles. The molecule has 0 aromatic carbocycles. The SMILES string of the molecule is CC1=CC=CCC1[C@@H](N)CN. The molecule has 1 rings (SSSR count). The van der Waals surface area contributed by atoms with E-state index >= 15 is 0 Å².